The fourth-order valence-electron chi connectivity index (χ4n) is 2.81. The molecule has 3 rings (SSSR count). The van der Waals surface area contributed by atoms with Crippen molar-refractivity contribution in [3.05, 3.63) is 53.8 Å². The largest absolute Gasteiger partial charge is 0.493 e. The van der Waals surface area contributed by atoms with Gasteiger partial charge in [-0.25, -0.2) is 0 Å². The normalized spacial score (nSPS) is 10.3. The molecule has 0 unspecified atom stereocenters. The minimum Gasteiger partial charge on any atom is -0.493 e. The van der Waals surface area contributed by atoms with Gasteiger partial charge in [0.1, 0.15) is 11.3 Å². The third-order valence-electron chi connectivity index (χ3n) is 4.10. The van der Waals surface area contributed by atoms with Gasteiger partial charge in [-0.2, -0.15) is 0 Å². The predicted molar refractivity (Wildman–Crippen MR) is 101 cm³/mol. The molecule has 0 atom stereocenters. The number of furan rings is 1. The number of amides is 1. The molecule has 6 heteroatoms. The van der Waals surface area contributed by atoms with Crippen LogP contribution in [0.25, 0.3) is 11.0 Å². The number of hydrogen-bond acceptors (Lipinski definition) is 5. The molecular weight excluding hydrogens is 346 g/mol. The Kier molecular flexibility index (Phi) is 5.23. The van der Waals surface area contributed by atoms with Gasteiger partial charge in [-0.3, -0.25) is 9.69 Å². The van der Waals surface area contributed by atoms with Crippen LogP contribution in [0.3, 0.4) is 0 Å². The van der Waals surface area contributed by atoms with Crippen LogP contribution < -0.4 is 14.2 Å². The molecule has 0 aliphatic heterocycles. The van der Waals surface area contributed by atoms with Gasteiger partial charge in [0.2, 0.25) is 5.75 Å². The van der Waals surface area contributed by atoms with E-state index in [4.69, 9.17) is 25.1 Å². The highest BCUT2D eigenvalue weighted by molar-refractivity contribution is 5.96. The van der Waals surface area contributed by atoms with Gasteiger partial charge in [0.05, 0.1) is 27.9 Å². The fourth-order valence-corrected chi connectivity index (χ4v) is 2.81. The number of terminal acetylenes is 1. The highest BCUT2D eigenvalue weighted by atomic mass is 16.5. The van der Waals surface area contributed by atoms with Crippen LogP contribution in [0, 0.1) is 12.5 Å². The third kappa shape index (κ3) is 3.53. The third-order valence-corrected chi connectivity index (χ3v) is 4.10. The smallest absolute Gasteiger partial charge is 0.266 e. The maximum absolute atomic E-state index is 12.9. The Hall–Kier alpha value is -3.59. The summed E-state index contributed by atoms with van der Waals surface area (Å²) in [6.45, 7) is 0.140. The number of hydrogen-bond donors (Lipinski definition) is 0. The zero-order valence-corrected chi connectivity index (χ0v) is 15.3. The Morgan fingerprint density at radius 1 is 1.07 bits per heavy atom. The van der Waals surface area contributed by atoms with Crippen molar-refractivity contribution in [2.75, 3.05) is 21.3 Å². The van der Waals surface area contributed by atoms with Crippen molar-refractivity contribution in [2.24, 2.45) is 0 Å². The van der Waals surface area contributed by atoms with Crippen LogP contribution in [-0.4, -0.2) is 32.1 Å². The number of benzene rings is 2. The molecule has 6 nitrogen and oxygen atoms in total. The Labute approximate surface area is 157 Å². The van der Waals surface area contributed by atoms with Crippen LogP contribution in [0.1, 0.15) is 16.1 Å². The van der Waals surface area contributed by atoms with E-state index in [0.717, 1.165) is 11.0 Å². The number of fused-ring (bicyclic) bond motifs is 1. The van der Waals surface area contributed by atoms with Crippen molar-refractivity contribution in [1.82, 2.24) is 4.90 Å². The Morgan fingerprint density at radius 3 is 2.30 bits per heavy atom. The van der Waals surface area contributed by atoms with Crippen molar-refractivity contribution >= 4 is 16.9 Å². The van der Waals surface area contributed by atoms with E-state index in [9.17, 15) is 4.79 Å². The molecule has 0 fully saturated rings. The first-order chi connectivity index (χ1) is 13.1. The van der Waals surface area contributed by atoms with Gasteiger partial charge in [0.25, 0.3) is 5.91 Å². The van der Waals surface area contributed by atoms with Crippen LogP contribution in [0.2, 0.25) is 0 Å². The second-order valence-electron chi connectivity index (χ2n) is 5.68. The topological polar surface area (TPSA) is 61.1 Å². The van der Waals surface area contributed by atoms with E-state index in [-0.39, 0.29) is 12.5 Å². The van der Waals surface area contributed by atoms with Gasteiger partial charge >= 0.3 is 0 Å². The molecule has 0 spiro atoms. The van der Waals surface area contributed by atoms with Crippen molar-refractivity contribution in [3.63, 3.8) is 0 Å². The molecule has 0 N–H and O–H groups in total. The monoisotopic (exact) mass is 365 g/mol. The molecule has 0 saturated heterocycles. The summed E-state index contributed by atoms with van der Waals surface area (Å²) >= 11 is 0. The summed E-state index contributed by atoms with van der Waals surface area (Å²) in [5, 5.41) is 0.949. The number of methoxy groups -OCH3 is 3. The molecule has 3 aromatic rings. The van der Waals surface area contributed by atoms with E-state index in [1.54, 1.807) is 12.1 Å². The number of carbonyl (C=O) groups is 1. The van der Waals surface area contributed by atoms with E-state index in [1.165, 1.54) is 26.2 Å². The van der Waals surface area contributed by atoms with E-state index in [0.29, 0.717) is 28.6 Å². The van der Waals surface area contributed by atoms with E-state index in [1.807, 2.05) is 30.3 Å². The van der Waals surface area contributed by atoms with Gasteiger partial charge in [-0.05, 0) is 24.3 Å². The molecule has 1 heterocycles. The number of para-hydroxylation sites is 1. The van der Waals surface area contributed by atoms with Crippen LogP contribution >= 0.6 is 0 Å². The van der Waals surface area contributed by atoms with Crippen LogP contribution in [0.4, 0.5) is 0 Å². The van der Waals surface area contributed by atoms with Crippen molar-refractivity contribution in [3.8, 4) is 29.7 Å². The lowest BCUT2D eigenvalue weighted by Gasteiger charge is -2.17. The number of carbonyl (C=O) groups excluding carboxylic acids is 1. The first-order valence-electron chi connectivity index (χ1n) is 8.16. The van der Waals surface area contributed by atoms with E-state index < -0.39 is 0 Å². The maximum atomic E-state index is 12.9. The Morgan fingerprint density at radius 2 is 1.74 bits per heavy atom. The molecule has 1 amide bonds. The average molecular weight is 365 g/mol. The number of ether oxygens (including phenoxy) is 3. The van der Waals surface area contributed by atoms with E-state index >= 15 is 0 Å². The summed E-state index contributed by atoms with van der Waals surface area (Å²) < 4.78 is 21.6. The fraction of sp³-hybridized carbons (Fsp3) is 0.190. The average Bonchev–Trinajstić information content (AvgIpc) is 3.12. The standard InChI is InChI=1S/C21H19NO5/c1-5-22(13-16-10-14-8-6-7-9-17(14)27-16)21(23)15-11-18(24-2)20(26-4)19(12-15)25-3/h1,6-12H,13H2,2-4H3. The number of rotatable bonds is 6. The first-order valence-corrected chi connectivity index (χ1v) is 8.16. The van der Waals surface area contributed by atoms with Crippen LogP contribution in [-0.2, 0) is 6.54 Å². The molecule has 0 bridgehead atoms. The molecule has 0 aliphatic rings. The van der Waals surface area contributed by atoms with Crippen LogP contribution in [0.5, 0.6) is 17.2 Å². The zero-order valence-electron chi connectivity index (χ0n) is 15.3. The van der Waals surface area contributed by atoms with Crippen LogP contribution in [0.15, 0.2) is 46.9 Å². The molecule has 138 valence electrons. The lowest BCUT2D eigenvalue weighted by molar-refractivity contribution is 0.0819. The molecule has 1 aromatic heterocycles. The zero-order chi connectivity index (χ0) is 19.4. The Balaban J connectivity index is 1.91. The highest BCUT2D eigenvalue weighted by Crippen LogP contribution is 2.38. The second-order valence-corrected chi connectivity index (χ2v) is 5.68. The summed E-state index contributed by atoms with van der Waals surface area (Å²) in [5.41, 5.74) is 1.06. The van der Waals surface area contributed by atoms with Gasteiger partial charge in [0.15, 0.2) is 11.5 Å². The summed E-state index contributed by atoms with van der Waals surface area (Å²) in [4.78, 5) is 14.2. The van der Waals surface area contributed by atoms with Gasteiger partial charge in [-0.15, -0.1) is 0 Å². The van der Waals surface area contributed by atoms with Gasteiger partial charge in [-0.1, -0.05) is 24.6 Å². The first kappa shape index (κ1) is 18.2. The molecule has 0 saturated carbocycles. The molecule has 0 radical (unpaired) electrons. The lowest BCUT2D eigenvalue weighted by atomic mass is 10.1. The second kappa shape index (κ2) is 7.75. The minimum absolute atomic E-state index is 0.140. The predicted octanol–water partition coefficient (Wildman–Crippen LogP) is 3.69. The van der Waals surface area contributed by atoms with Gasteiger partial charge in [0, 0.05) is 17.0 Å². The Bertz CT molecular complexity index is 957. The molecule has 0 aliphatic carbocycles. The van der Waals surface area contributed by atoms with Crippen molar-refractivity contribution < 1.29 is 23.4 Å². The molecule has 27 heavy (non-hydrogen) atoms. The highest BCUT2D eigenvalue weighted by Gasteiger charge is 2.21. The SMILES string of the molecule is C#CN(Cc1cc2ccccc2o1)C(=O)c1cc(OC)c(OC)c(OC)c1. The summed E-state index contributed by atoms with van der Waals surface area (Å²) in [7, 11) is 4.47. The summed E-state index contributed by atoms with van der Waals surface area (Å²) in [5.74, 6) is 1.37. The summed E-state index contributed by atoms with van der Waals surface area (Å²) in [6, 6.07) is 15.0. The minimum atomic E-state index is -0.378. The number of nitrogens with zero attached hydrogens (tertiary/aromatic N) is 1. The molecular formula is C21H19NO5. The molecule has 2 aromatic carbocycles. The maximum Gasteiger partial charge on any atom is 0.266 e. The lowest BCUT2D eigenvalue weighted by Crippen LogP contribution is -2.25. The van der Waals surface area contributed by atoms with Gasteiger partial charge < -0.3 is 18.6 Å². The van der Waals surface area contributed by atoms with Crippen molar-refractivity contribution in [1.29, 1.82) is 0 Å². The van der Waals surface area contributed by atoms with Crippen molar-refractivity contribution in [2.45, 2.75) is 6.54 Å². The summed E-state index contributed by atoms with van der Waals surface area (Å²) in [6.07, 6.45) is 5.58. The quantitative estimate of drug-likeness (QED) is 0.492. The van der Waals surface area contributed by atoms with E-state index in [2.05, 4.69) is 6.04 Å².